The highest BCUT2D eigenvalue weighted by molar-refractivity contribution is 5.55. The van der Waals surface area contributed by atoms with Crippen LogP contribution in [0.3, 0.4) is 0 Å². The lowest BCUT2D eigenvalue weighted by molar-refractivity contribution is 0.410. The van der Waals surface area contributed by atoms with Crippen LogP contribution >= 0.6 is 0 Å². The minimum absolute atomic E-state index is 0.315. The van der Waals surface area contributed by atoms with E-state index in [1.165, 1.54) is 16.7 Å². The smallest absolute Gasteiger partial charge is 0.118 e. The molecule has 0 aliphatic rings. The number of methoxy groups -OCH3 is 9. The molecule has 0 aliphatic carbocycles. The summed E-state index contributed by atoms with van der Waals surface area (Å²) < 4.78 is 48.1. The molecule has 0 saturated heterocycles. The Labute approximate surface area is 484 Å². The van der Waals surface area contributed by atoms with Gasteiger partial charge in [0, 0.05) is 12.1 Å². The molecule has 0 heterocycles. The Balaban J connectivity index is 0.000000177. The maximum Gasteiger partial charge on any atom is 0.118 e. The van der Waals surface area contributed by atoms with Crippen molar-refractivity contribution < 1.29 is 42.6 Å². The van der Waals surface area contributed by atoms with E-state index in [9.17, 15) is 0 Å². The van der Waals surface area contributed by atoms with Gasteiger partial charge in [-0.2, -0.15) is 0 Å². The molecule has 0 aromatic heterocycles. The van der Waals surface area contributed by atoms with Crippen molar-refractivity contribution in [2.45, 2.75) is 23.4 Å². The molecule has 0 bridgehead atoms. The maximum atomic E-state index is 5.37. The first-order chi connectivity index (χ1) is 40.0. The summed E-state index contributed by atoms with van der Waals surface area (Å²) in [4.78, 5) is 0. The SMILES string of the molecule is CNC(c1ccc(OC)cc1)(c1ccc(OC)cc1)c1ccc(OC)cc1.CNCNC(c1ccc(OC)cc1)(c1ccc(OC)cc1)c1ccc(OC)cc1.COc1ccc(C(C)(c2ccc(OC)cc2)c2ccc(OC)cc2)cc1. The molecular weight excluding hydrogens is 1030 g/mol. The Hall–Kier alpha value is -8.94. The fraction of sp³-hybridized carbons (Fsp3) is 0.229. The molecule has 426 valence electrons. The summed E-state index contributed by atoms with van der Waals surface area (Å²) in [5, 5.41) is 10.5. The second kappa shape index (κ2) is 29.0. The number of benzene rings is 9. The van der Waals surface area contributed by atoms with Crippen LogP contribution in [-0.2, 0) is 16.5 Å². The van der Waals surface area contributed by atoms with Crippen LogP contribution in [0.15, 0.2) is 218 Å². The molecule has 0 fully saturated rings. The van der Waals surface area contributed by atoms with E-state index in [0.29, 0.717) is 6.67 Å². The first-order valence-electron chi connectivity index (χ1n) is 26.9. The Morgan fingerprint density at radius 1 is 0.244 bits per heavy atom. The molecule has 0 unspecified atom stereocenters. The maximum absolute atomic E-state index is 5.37. The number of hydrogen-bond donors (Lipinski definition) is 3. The average molecular weight is 1100 g/mol. The molecule has 0 radical (unpaired) electrons. The Morgan fingerprint density at radius 2 is 0.402 bits per heavy atom. The van der Waals surface area contributed by atoms with E-state index in [0.717, 1.165) is 85.1 Å². The number of rotatable bonds is 22. The van der Waals surface area contributed by atoms with Crippen molar-refractivity contribution in [3.05, 3.63) is 268 Å². The fourth-order valence-electron chi connectivity index (χ4n) is 10.3. The molecule has 0 atom stereocenters. The van der Waals surface area contributed by atoms with Gasteiger partial charge in [0.1, 0.15) is 51.7 Å². The van der Waals surface area contributed by atoms with Crippen LogP contribution in [0.4, 0.5) is 0 Å². The van der Waals surface area contributed by atoms with E-state index >= 15 is 0 Å². The van der Waals surface area contributed by atoms with E-state index < -0.39 is 11.1 Å². The fourth-order valence-corrected chi connectivity index (χ4v) is 10.3. The van der Waals surface area contributed by atoms with Crippen molar-refractivity contribution >= 4 is 0 Å². The van der Waals surface area contributed by atoms with Gasteiger partial charge in [0.15, 0.2) is 0 Å². The first kappa shape index (κ1) is 60.7. The summed E-state index contributed by atoms with van der Waals surface area (Å²) in [7, 11) is 19.0. The predicted molar refractivity (Wildman–Crippen MR) is 328 cm³/mol. The zero-order valence-corrected chi connectivity index (χ0v) is 49.2. The lowest BCUT2D eigenvalue weighted by Crippen LogP contribution is -2.47. The third-order valence-corrected chi connectivity index (χ3v) is 15.0. The van der Waals surface area contributed by atoms with Crippen molar-refractivity contribution in [1.82, 2.24) is 16.0 Å². The molecule has 12 heteroatoms. The van der Waals surface area contributed by atoms with Gasteiger partial charge in [-0.25, -0.2) is 0 Å². The highest BCUT2D eigenvalue weighted by atomic mass is 16.5. The second-order valence-corrected chi connectivity index (χ2v) is 19.1. The third-order valence-electron chi connectivity index (χ3n) is 15.0. The second-order valence-electron chi connectivity index (χ2n) is 19.1. The molecule has 9 rings (SSSR count). The summed E-state index contributed by atoms with van der Waals surface area (Å²) in [5.74, 6) is 7.48. The van der Waals surface area contributed by atoms with Gasteiger partial charge >= 0.3 is 0 Å². The van der Waals surface area contributed by atoms with E-state index in [4.69, 9.17) is 42.6 Å². The average Bonchev–Trinajstić information content (AvgIpc) is 3.42. The highest BCUT2D eigenvalue weighted by Crippen LogP contribution is 2.43. The molecule has 82 heavy (non-hydrogen) atoms. The van der Waals surface area contributed by atoms with Gasteiger partial charge in [0.2, 0.25) is 0 Å². The Kier molecular flexibility index (Phi) is 21.4. The molecule has 9 aromatic rings. The van der Waals surface area contributed by atoms with E-state index in [1.807, 2.05) is 123 Å². The van der Waals surface area contributed by atoms with E-state index in [2.05, 4.69) is 132 Å². The largest absolute Gasteiger partial charge is 0.497 e. The molecule has 9 aromatic carbocycles. The van der Waals surface area contributed by atoms with Crippen LogP contribution in [0, 0.1) is 0 Å². The first-order valence-corrected chi connectivity index (χ1v) is 26.9. The summed E-state index contributed by atoms with van der Waals surface area (Å²) in [6.07, 6.45) is 0. The van der Waals surface area contributed by atoms with Gasteiger partial charge in [0.25, 0.3) is 0 Å². The predicted octanol–water partition coefficient (Wildman–Crippen LogP) is 13.1. The standard InChI is InChI=1S/C24H28N2O3.C23H25NO3.C23H24O3/c1-25-17-26-24(18-5-11-21(27-2)12-6-18,19-7-13-22(28-3)14-8-19)20-9-15-23(29-4)16-10-20;1-24-23(17-5-11-20(25-2)12-6-17,18-7-13-21(26-3)14-8-18)19-9-15-22(27-4)16-10-19;1-23(17-5-11-20(24-2)12-6-17,18-7-13-21(25-3)14-8-18)19-9-15-22(26-4)16-10-19/h5-16,25-26H,17H2,1-4H3;5-16,24H,1-4H3;5-16H,1-4H3. The van der Waals surface area contributed by atoms with Crippen molar-refractivity contribution in [3.63, 3.8) is 0 Å². The molecule has 0 saturated carbocycles. The van der Waals surface area contributed by atoms with E-state index in [1.54, 1.807) is 64.0 Å². The summed E-state index contributed by atoms with van der Waals surface area (Å²) in [6, 6.07) is 73.6. The number of ether oxygens (including phenoxy) is 9. The molecule has 0 amide bonds. The van der Waals surface area contributed by atoms with Crippen molar-refractivity contribution in [2.24, 2.45) is 0 Å². The van der Waals surface area contributed by atoms with Crippen LogP contribution < -0.4 is 58.6 Å². The van der Waals surface area contributed by atoms with Crippen LogP contribution in [0.2, 0.25) is 0 Å². The third kappa shape index (κ3) is 13.4. The van der Waals surface area contributed by atoms with Gasteiger partial charge in [-0.15, -0.1) is 0 Å². The van der Waals surface area contributed by atoms with Gasteiger partial charge in [-0.3, -0.25) is 5.32 Å². The summed E-state index contributed by atoms with van der Waals surface area (Å²) >= 11 is 0. The normalized spacial score (nSPS) is 11.1. The highest BCUT2D eigenvalue weighted by Gasteiger charge is 2.37. The monoisotopic (exact) mass is 1100 g/mol. The van der Waals surface area contributed by atoms with E-state index in [-0.39, 0.29) is 5.41 Å². The topological polar surface area (TPSA) is 119 Å². The summed E-state index contributed by atoms with van der Waals surface area (Å²) in [6.45, 7) is 2.85. The van der Waals surface area contributed by atoms with Crippen LogP contribution in [0.25, 0.3) is 0 Å². The number of hydrogen-bond acceptors (Lipinski definition) is 12. The lowest BCUT2D eigenvalue weighted by Gasteiger charge is -2.37. The lowest BCUT2D eigenvalue weighted by atomic mass is 9.71. The zero-order valence-electron chi connectivity index (χ0n) is 49.2. The van der Waals surface area contributed by atoms with Gasteiger partial charge in [-0.1, -0.05) is 109 Å². The summed E-state index contributed by atoms with van der Waals surface area (Å²) in [5.41, 5.74) is 8.79. The van der Waals surface area contributed by atoms with Crippen molar-refractivity contribution in [1.29, 1.82) is 0 Å². The van der Waals surface area contributed by atoms with Crippen molar-refractivity contribution in [3.8, 4) is 51.7 Å². The minimum Gasteiger partial charge on any atom is -0.497 e. The zero-order chi connectivity index (χ0) is 58.5. The quantitative estimate of drug-likeness (QED) is 0.0443. The molecule has 0 spiro atoms. The van der Waals surface area contributed by atoms with Gasteiger partial charge < -0.3 is 53.3 Å². The molecule has 0 aliphatic heterocycles. The molecule has 12 nitrogen and oxygen atoms in total. The molecular formula is C70H77N3O9. The number of nitrogens with one attached hydrogen (secondary N) is 3. The van der Waals surface area contributed by atoms with Crippen LogP contribution in [0.5, 0.6) is 51.7 Å². The van der Waals surface area contributed by atoms with Crippen molar-refractivity contribution in [2.75, 3.05) is 84.8 Å². The Morgan fingerprint density at radius 3 is 0.549 bits per heavy atom. The minimum atomic E-state index is -0.576. The van der Waals surface area contributed by atoms with Gasteiger partial charge in [-0.05, 0) is 180 Å². The van der Waals surface area contributed by atoms with Crippen LogP contribution in [0.1, 0.15) is 57.0 Å². The molecule has 3 N–H and O–H groups in total. The Bertz CT molecular complexity index is 2950. The van der Waals surface area contributed by atoms with Gasteiger partial charge in [0.05, 0.1) is 75.1 Å². The van der Waals surface area contributed by atoms with Crippen LogP contribution in [-0.4, -0.2) is 84.8 Å².